The van der Waals surface area contributed by atoms with E-state index >= 15 is 0 Å². The van der Waals surface area contributed by atoms with Crippen LogP contribution in [0.1, 0.15) is 27.7 Å². The fourth-order valence-corrected chi connectivity index (χ4v) is 1.39. The Morgan fingerprint density at radius 2 is 1.58 bits per heavy atom. The van der Waals surface area contributed by atoms with Crippen LogP contribution in [0.3, 0.4) is 0 Å². The predicted octanol–water partition coefficient (Wildman–Crippen LogP) is 1.82. The van der Waals surface area contributed by atoms with Crippen LogP contribution in [0.4, 0.5) is 0 Å². The van der Waals surface area contributed by atoms with E-state index in [-0.39, 0.29) is 23.5 Å². The molecule has 1 aliphatic rings. The average molecular weight is 265 g/mol. The number of hydrogen-bond donors (Lipinski definition) is 1. The highest BCUT2D eigenvalue weighted by Crippen LogP contribution is 2.13. The summed E-state index contributed by atoms with van der Waals surface area (Å²) in [5.41, 5.74) is 0.244. The third-order valence-electron chi connectivity index (χ3n) is 2.08. The van der Waals surface area contributed by atoms with Gasteiger partial charge in [-0.1, -0.05) is 6.08 Å². The van der Waals surface area contributed by atoms with Crippen LogP contribution in [0.5, 0.6) is 0 Å². The van der Waals surface area contributed by atoms with Crippen molar-refractivity contribution in [3.8, 4) is 0 Å². The van der Waals surface area contributed by atoms with Crippen LogP contribution in [-0.2, 0) is 19.1 Å². The number of esters is 2. The van der Waals surface area contributed by atoms with Gasteiger partial charge in [-0.05, 0) is 39.8 Å². The molecule has 5 nitrogen and oxygen atoms in total. The monoisotopic (exact) mass is 265 g/mol. The predicted molar refractivity (Wildman–Crippen MR) is 70.9 cm³/mol. The van der Waals surface area contributed by atoms with Crippen LogP contribution in [0.15, 0.2) is 35.7 Å². The Hall–Kier alpha value is -2.04. The summed E-state index contributed by atoms with van der Waals surface area (Å²) in [6.45, 7) is 6.98. The molecule has 0 amide bonds. The van der Waals surface area contributed by atoms with Crippen LogP contribution in [0, 0.1) is 0 Å². The summed E-state index contributed by atoms with van der Waals surface area (Å²) in [5, 5.41) is 2.75. The zero-order valence-corrected chi connectivity index (χ0v) is 11.6. The third kappa shape index (κ3) is 4.62. The Kier molecular flexibility index (Phi) is 5.36. The van der Waals surface area contributed by atoms with E-state index in [0.717, 1.165) is 0 Å². The maximum absolute atomic E-state index is 12.0. The van der Waals surface area contributed by atoms with Crippen molar-refractivity contribution in [1.82, 2.24) is 5.32 Å². The average Bonchev–Trinajstić information content (AvgIpc) is 2.51. The first-order valence-corrected chi connectivity index (χ1v) is 6.17. The van der Waals surface area contributed by atoms with E-state index in [0.29, 0.717) is 0 Å². The highest BCUT2D eigenvalue weighted by molar-refractivity contribution is 6.02. The van der Waals surface area contributed by atoms with Gasteiger partial charge in [0.1, 0.15) is 5.70 Å². The standard InChI is InChI=1S/C14H19NO4/c1-9(2)18-13(16)11-7-5-6-8-15-12(11)14(17)19-10(3)4/h5-10,15H,1-4H3. The minimum Gasteiger partial charge on any atom is -0.459 e. The number of allylic oxidation sites excluding steroid dienone is 2. The topological polar surface area (TPSA) is 64.6 Å². The fourth-order valence-electron chi connectivity index (χ4n) is 1.39. The van der Waals surface area contributed by atoms with Crippen LogP contribution in [0.2, 0.25) is 0 Å². The Balaban J connectivity index is 3.04. The maximum Gasteiger partial charge on any atom is 0.355 e. The second kappa shape index (κ2) is 6.78. The summed E-state index contributed by atoms with van der Waals surface area (Å²) in [6.07, 6.45) is 5.89. The lowest BCUT2D eigenvalue weighted by atomic mass is 10.2. The summed E-state index contributed by atoms with van der Waals surface area (Å²) in [7, 11) is 0. The second-order valence-electron chi connectivity index (χ2n) is 4.56. The lowest BCUT2D eigenvalue weighted by Gasteiger charge is -2.14. The van der Waals surface area contributed by atoms with Crippen molar-refractivity contribution in [2.45, 2.75) is 39.9 Å². The highest BCUT2D eigenvalue weighted by atomic mass is 16.5. The lowest BCUT2D eigenvalue weighted by molar-refractivity contribution is -0.146. The molecule has 19 heavy (non-hydrogen) atoms. The first-order chi connectivity index (χ1) is 8.91. The molecule has 0 saturated carbocycles. The molecule has 0 aromatic carbocycles. The third-order valence-corrected chi connectivity index (χ3v) is 2.08. The van der Waals surface area contributed by atoms with E-state index in [1.165, 1.54) is 6.08 Å². The smallest absolute Gasteiger partial charge is 0.355 e. The molecule has 0 fully saturated rings. The van der Waals surface area contributed by atoms with Crippen LogP contribution >= 0.6 is 0 Å². The molecular formula is C14H19NO4. The minimum absolute atomic E-state index is 0.0874. The zero-order chi connectivity index (χ0) is 14.4. The van der Waals surface area contributed by atoms with Gasteiger partial charge in [0.15, 0.2) is 0 Å². The van der Waals surface area contributed by atoms with Gasteiger partial charge in [0.2, 0.25) is 0 Å². The lowest BCUT2D eigenvalue weighted by Crippen LogP contribution is -2.25. The molecule has 0 aliphatic carbocycles. The largest absolute Gasteiger partial charge is 0.459 e. The van der Waals surface area contributed by atoms with E-state index in [1.807, 2.05) is 0 Å². The minimum atomic E-state index is -0.582. The van der Waals surface area contributed by atoms with Gasteiger partial charge in [0.25, 0.3) is 0 Å². The fraction of sp³-hybridized carbons (Fsp3) is 0.429. The molecule has 104 valence electrons. The number of hydrogen-bond acceptors (Lipinski definition) is 5. The molecule has 1 rings (SSSR count). The van der Waals surface area contributed by atoms with Crippen molar-refractivity contribution in [3.05, 3.63) is 35.7 Å². The van der Waals surface area contributed by atoms with Gasteiger partial charge in [-0.25, -0.2) is 9.59 Å². The van der Waals surface area contributed by atoms with Crippen LogP contribution in [-0.4, -0.2) is 24.1 Å². The van der Waals surface area contributed by atoms with Crippen molar-refractivity contribution >= 4 is 11.9 Å². The molecule has 1 heterocycles. The van der Waals surface area contributed by atoms with E-state index in [9.17, 15) is 9.59 Å². The van der Waals surface area contributed by atoms with Crippen molar-refractivity contribution in [2.24, 2.45) is 0 Å². The van der Waals surface area contributed by atoms with Gasteiger partial charge in [-0.3, -0.25) is 0 Å². The summed E-state index contributed by atoms with van der Waals surface area (Å²) in [5.74, 6) is -1.14. The van der Waals surface area contributed by atoms with Gasteiger partial charge >= 0.3 is 11.9 Å². The van der Waals surface area contributed by atoms with Gasteiger partial charge in [0.05, 0.1) is 17.8 Å². The summed E-state index contributed by atoms with van der Waals surface area (Å²) in [6, 6.07) is 0. The second-order valence-corrected chi connectivity index (χ2v) is 4.56. The normalized spacial score (nSPS) is 14.4. The van der Waals surface area contributed by atoms with E-state index in [1.54, 1.807) is 46.0 Å². The van der Waals surface area contributed by atoms with E-state index in [2.05, 4.69) is 5.32 Å². The zero-order valence-electron chi connectivity index (χ0n) is 11.6. The van der Waals surface area contributed by atoms with Gasteiger partial charge in [-0.2, -0.15) is 0 Å². The molecule has 0 aromatic heterocycles. The quantitative estimate of drug-likeness (QED) is 0.785. The molecule has 0 unspecified atom stereocenters. The van der Waals surface area contributed by atoms with Crippen molar-refractivity contribution < 1.29 is 19.1 Å². The van der Waals surface area contributed by atoms with E-state index in [4.69, 9.17) is 9.47 Å². The molecule has 1 N–H and O–H groups in total. The molecule has 1 aliphatic heterocycles. The SMILES string of the molecule is CC(C)OC(=O)C1=C(C(=O)OC(C)C)NC=CC=C1. The van der Waals surface area contributed by atoms with Gasteiger partial charge < -0.3 is 14.8 Å². The first kappa shape index (κ1) is 15.0. The molecule has 5 heteroatoms. The molecular weight excluding hydrogens is 246 g/mol. The molecule has 0 aromatic rings. The molecule has 0 saturated heterocycles. The maximum atomic E-state index is 12.0. The molecule has 0 atom stereocenters. The molecule has 0 radical (unpaired) electrons. The number of carbonyl (C=O) groups excluding carboxylic acids is 2. The Labute approximate surface area is 113 Å². The van der Waals surface area contributed by atoms with Crippen molar-refractivity contribution in [1.29, 1.82) is 0 Å². The number of carbonyl (C=O) groups is 2. The molecule has 0 bridgehead atoms. The van der Waals surface area contributed by atoms with Crippen molar-refractivity contribution in [2.75, 3.05) is 0 Å². The number of rotatable bonds is 4. The first-order valence-electron chi connectivity index (χ1n) is 6.17. The Morgan fingerprint density at radius 1 is 1.00 bits per heavy atom. The summed E-state index contributed by atoms with van der Waals surface area (Å²) in [4.78, 5) is 23.9. The van der Waals surface area contributed by atoms with Crippen LogP contribution < -0.4 is 5.32 Å². The Bertz CT molecular complexity index is 444. The van der Waals surface area contributed by atoms with E-state index < -0.39 is 11.9 Å². The number of ether oxygens (including phenoxy) is 2. The molecule has 0 spiro atoms. The van der Waals surface area contributed by atoms with Crippen LogP contribution in [0.25, 0.3) is 0 Å². The highest BCUT2D eigenvalue weighted by Gasteiger charge is 2.23. The van der Waals surface area contributed by atoms with Crippen molar-refractivity contribution in [3.63, 3.8) is 0 Å². The van der Waals surface area contributed by atoms with Gasteiger partial charge in [-0.15, -0.1) is 0 Å². The Morgan fingerprint density at radius 3 is 2.16 bits per heavy atom. The van der Waals surface area contributed by atoms with Gasteiger partial charge in [0, 0.05) is 6.20 Å². The summed E-state index contributed by atoms with van der Waals surface area (Å²) >= 11 is 0. The number of nitrogens with one attached hydrogen (secondary N) is 1. The summed E-state index contributed by atoms with van der Waals surface area (Å²) < 4.78 is 10.2.